The smallest absolute Gasteiger partial charge is 0.0662 e. The van der Waals surface area contributed by atoms with Gasteiger partial charge in [-0.15, -0.1) is 0 Å². The van der Waals surface area contributed by atoms with Crippen molar-refractivity contribution in [2.24, 2.45) is 4.99 Å². The van der Waals surface area contributed by atoms with Crippen molar-refractivity contribution in [1.29, 1.82) is 0 Å². The summed E-state index contributed by atoms with van der Waals surface area (Å²) < 4.78 is 0. The number of anilines is 1. The molecule has 94 valence electrons. The van der Waals surface area contributed by atoms with E-state index < -0.39 is 0 Å². The molecule has 0 saturated carbocycles. The summed E-state index contributed by atoms with van der Waals surface area (Å²) in [7, 11) is 0. The lowest BCUT2D eigenvalue weighted by molar-refractivity contribution is 0.868. The van der Waals surface area contributed by atoms with Crippen LogP contribution in [0.5, 0.6) is 0 Å². The summed E-state index contributed by atoms with van der Waals surface area (Å²) in [5.74, 6) is 0. The maximum Gasteiger partial charge on any atom is 0.0662 e. The molecule has 0 fully saturated rings. The SMILES string of the molecule is C=CC=N/C(=C\C)c1cccc2c1CCN2CC. The van der Waals surface area contributed by atoms with Crippen LogP contribution in [0, 0.1) is 0 Å². The third kappa shape index (κ3) is 2.23. The molecule has 0 amide bonds. The van der Waals surface area contributed by atoms with Gasteiger partial charge in [-0.25, -0.2) is 0 Å². The van der Waals surface area contributed by atoms with Gasteiger partial charge >= 0.3 is 0 Å². The van der Waals surface area contributed by atoms with Crippen LogP contribution in [0.2, 0.25) is 0 Å². The van der Waals surface area contributed by atoms with Crippen LogP contribution in [0.15, 0.2) is 41.9 Å². The van der Waals surface area contributed by atoms with Crippen molar-refractivity contribution in [2.75, 3.05) is 18.0 Å². The van der Waals surface area contributed by atoms with Gasteiger partial charge in [0, 0.05) is 30.6 Å². The highest BCUT2D eigenvalue weighted by molar-refractivity contribution is 5.82. The highest BCUT2D eigenvalue weighted by Gasteiger charge is 2.21. The highest BCUT2D eigenvalue weighted by atomic mass is 15.1. The molecule has 2 nitrogen and oxygen atoms in total. The Hall–Kier alpha value is -1.83. The number of rotatable bonds is 4. The zero-order chi connectivity index (χ0) is 13.0. The second-order valence-electron chi connectivity index (χ2n) is 4.32. The van der Waals surface area contributed by atoms with Crippen molar-refractivity contribution < 1.29 is 0 Å². The second-order valence-corrected chi connectivity index (χ2v) is 4.32. The van der Waals surface area contributed by atoms with E-state index in [0.717, 1.165) is 25.2 Å². The van der Waals surface area contributed by atoms with Crippen LogP contribution in [-0.2, 0) is 6.42 Å². The summed E-state index contributed by atoms with van der Waals surface area (Å²) >= 11 is 0. The van der Waals surface area contributed by atoms with E-state index in [-0.39, 0.29) is 0 Å². The second kappa shape index (κ2) is 5.67. The summed E-state index contributed by atoms with van der Waals surface area (Å²) in [6.07, 6.45) is 6.64. The lowest BCUT2D eigenvalue weighted by atomic mass is 10.0. The number of nitrogens with zero attached hydrogens (tertiary/aromatic N) is 2. The Morgan fingerprint density at radius 2 is 2.33 bits per heavy atom. The molecule has 0 aromatic heterocycles. The fraction of sp³-hybridized carbons (Fsp3) is 0.312. The number of fused-ring (bicyclic) bond motifs is 1. The zero-order valence-electron chi connectivity index (χ0n) is 11.2. The number of aliphatic imine (C=N–C) groups is 1. The molecule has 2 rings (SSSR count). The van der Waals surface area contributed by atoms with E-state index in [1.54, 1.807) is 12.3 Å². The van der Waals surface area contributed by atoms with E-state index in [4.69, 9.17) is 0 Å². The molecule has 0 bridgehead atoms. The molecule has 18 heavy (non-hydrogen) atoms. The molecule has 0 saturated heterocycles. The molecule has 0 aliphatic carbocycles. The lowest BCUT2D eigenvalue weighted by Crippen LogP contribution is -2.18. The van der Waals surface area contributed by atoms with Crippen LogP contribution in [0.1, 0.15) is 25.0 Å². The maximum absolute atomic E-state index is 4.46. The highest BCUT2D eigenvalue weighted by Crippen LogP contribution is 2.34. The molecule has 0 N–H and O–H groups in total. The van der Waals surface area contributed by atoms with E-state index in [2.05, 4.69) is 47.7 Å². The molecule has 1 heterocycles. The standard InChI is InChI=1S/C16H20N2/c1-4-11-17-15(5-2)13-8-7-9-16-14(13)10-12-18(16)6-3/h4-5,7-9,11H,1,6,10,12H2,2-3H3/b15-5-,17-11?. The van der Waals surface area contributed by atoms with E-state index >= 15 is 0 Å². The number of benzene rings is 1. The normalized spacial score (nSPS) is 15.2. The average molecular weight is 240 g/mol. The van der Waals surface area contributed by atoms with Crippen molar-refractivity contribution in [3.05, 3.63) is 48.1 Å². The van der Waals surface area contributed by atoms with Crippen molar-refractivity contribution >= 4 is 17.6 Å². The Bertz CT molecular complexity index is 498. The molecule has 0 atom stereocenters. The Balaban J connectivity index is 2.44. The molecule has 1 aliphatic rings. The minimum atomic E-state index is 1.03. The summed E-state index contributed by atoms with van der Waals surface area (Å²) in [4.78, 5) is 6.88. The molecule has 1 aliphatic heterocycles. The molecule has 2 heteroatoms. The van der Waals surface area contributed by atoms with Gasteiger partial charge in [0.15, 0.2) is 0 Å². The predicted molar refractivity (Wildman–Crippen MR) is 80.4 cm³/mol. The van der Waals surface area contributed by atoms with Gasteiger partial charge in [-0.2, -0.15) is 0 Å². The van der Waals surface area contributed by atoms with E-state index in [9.17, 15) is 0 Å². The number of allylic oxidation sites excluding steroid dienone is 2. The Morgan fingerprint density at radius 1 is 1.50 bits per heavy atom. The molecular formula is C16H20N2. The monoisotopic (exact) mass is 240 g/mol. The molecule has 0 unspecified atom stereocenters. The molecular weight excluding hydrogens is 220 g/mol. The van der Waals surface area contributed by atoms with Crippen molar-refractivity contribution in [1.82, 2.24) is 0 Å². The average Bonchev–Trinajstić information content (AvgIpc) is 2.83. The summed E-state index contributed by atoms with van der Waals surface area (Å²) in [6, 6.07) is 6.49. The summed E-state index contributed by atoms with van der Waals surface area (Å²) in [5.41, 5.74) is 5.07. The quantitative estimate of drug-likeness (QED) is 0.733. The van der Waals surface area contributed by atoms with Gasteiger partial charge < -0.3 is 4.90 Å². The van der Waals surface area contributed by atoms with Crippen LogP contribution >= 0.6 is 0 Å². The van der Waals surface area contributed by atoms with Gasteiger partial charge in [0.25, 0.3) is 0 Å². The molecule has 0 spiro atoms. The molecule has 0 radical (unpaired) electrons. The minimum Gasteiger partial charge on any atom is -0.371 e. The number of likely N-dealkylation sites (N-methyl/N-ethyl adjacent to an activating group) is 1. The summed E-state index contributed by atoms with van der Waals surface area (Å²) in [6.45, 7) is 10.1. The van der Waals surface area contributed by atoms with E-state index in [1.165, 1.54) is 16.8 Å². The largest absolute Gasteiger partial charge is 0.371 e. The Morgan fingerprint density at radius 3 is 3.00 bits per heavy atom. The minimum absolute atomic E-state index is 1.03. The summed E-state index contributed by atoms with van der Waals surface area (Å²) in [5, 5.41) is 0. The molecule has 1 aromatic carbocycles. The van der Waals surface area contributed by atoms with Gasteiger partial charge in [0.05, 0.1) is 5.70 Å². The first kappa shape index (κ1) is 12.6. The third-order valence-electron chi connectivity index (χ3n) is 3.37. The fourth-order valence-corrected chi connectivity index (χ4v) is 2.50. The number of hydrogen-bond donors (Lipinski definition) is 0. The van der Waals surface area contributed by atoms with Crippen molar-refractivity contribution in [3.8, 4) is 0 Å². The van der Waals surface area contributed by atoms with Crippen LogP contribution in [0.25, 0.3) is 5.70 Å². The van der Waals surface area contributed by atoms with Gasteiger partial charge in [0.1, 0.15) is 0 Å². The van der Waals surface area contributed by atoms with E-state index in [1.807, 2.05) is 6.92 Å². The first-order valence-corrected chi connectivity index (χ1v) is 6.50. The van der Waals surface area contributed by atoms with Crippen LogP contribution < -0.4 is 4.90 Å². The van der Waals surface area contributed by atoms with E-state index in [0.29, 0.717) is 0 Å². The van der Waals surface area contributed by atoms with Crippen molar-refractivity contribution in [3.63, 3.8) is 0 Å². The van der Waals surface area contributed by atoms with Gasteiger partial charge in [0.2, 0.25) is 0 Å². The van der Waals surface area contributed by atoms with Crippen molar-refractivity contribution in [2.45, 2.75) is 20.3 Å². The predicted octanol–water partition coefficient (Wildman–Crippen LogP) is 3.69. The van der Waals surface area contributed by atoms with Gasteiger partial charge in [-0.1, -0.05) is 30.9 Å². The molecule has 1 aromatic rings. The first-order valence-electron chi connectivity index (χ1n) is 6.50. The van der Waals surface area contributed by atoms with Gasteiger partial charge in [-0.3, -0.25) is 4.99 Å². The maximum atomic E-state index is 4.46. The Labute approximate surface area is 109 Å². The zero-order valence-corrected chi connectivity index (χ0v) is 11.2. The van der Waals surface area contributed by atoms with Crippen LogP contribution in [0.4, 0.5) is 5.69 Å². The third-order valence-corrected chi connectivity index (χ3v) is 3.37. The first-order chi connectivity index (χ1) is 8.81. The van der Waals surface area contributed by atoms with Crippen LogP contribution in [-0.4, -0.2) is 19.3 Å². The van der Waals surface area contributed by atoms with Gasteiger partial charge in [-0.05, 0) is 31.9 Å². The Kier molecular flexibility index (Phi) is 3.98. The number of hydrogen-bond acceptors (Lipinski definition) is 2. The fourth-order valence-electron chi connectivity index (χ4n) is 2.50. The topological polar surface area (TPSA) is 15.6 Å². The van der Waals surface area contributed by atoms with Crippen LogP contribution in [0.3, 0.4) is 0 Å². The lowest BCUT2D eigenvalue weighted by Gasteiger charge is -2.17.